The lowest BCUT2D eigenvalue weighted by Crippen LogP contribution is -2.41. The molecule has 0 bridgehead atoms. The van der Waals surface area contributed by atoms with Crippen molar-refractivity contribution in [2.75, 3.05) is 26.2 Å². The molecule has 0 radical (unpaired) electrons. The molecule has 5 nitrogen and oxygen atoms in total. The molecule has 7 heteroatoms. The number of aliphatic hydroxyl groups excluding tert-OH is 1. The van der Waals surface area contributed by atoms with Gasteiger partial charge < -0.3 is 20.1 Å². The number of aliphatic imine (C=N–C) groups is 1. The van der Waals surface area contributed by atoms with E-state index in [4.69, 9.17) is 4.74 Å². The third-order valence-corrected chi connectivity index (χ3v) is 3.43. The second-order valence-electron chi connectivity index (χ2n) is 5.47. The van der Waals surface area contributed by atoms with Crippen molar-refractivity contribution in [2.45, 2.75) is 32.5 Å². The molecule has 1 saturated heterocycles. The van der Waals surface area contributed by atoms with Crippen LogP contribution in [0.3, 0.4) is 0 Å². The summed E-state index contributed by atoms with van der Waals surface area (Å²) in [4.78, 5) is 6.59. The molecule has 0 saturated carbocycles. The van der Waals surface area contributed by atoms with Crippen LogP contribution in [-0.2, 0) is 0 Å². The molecule has 1 aliphatic rings. The van der Waals surface area contributed by atoms with Crippen LogP contribution in [-0.4, -0.2) is 54.4 Å². The predicted octanol–water partition coefficient (Wildman–Crippen LogP) is 2.24. The van der Waals surface area contributed by atoms with E-state index >= 15 is 0 Å². The fraction of sp³-hybridized carbons (Fsp3) is 0.562. The summed E-state index contributed by atoms with van der Waals surface area (Å²) in [5.74, 6) is 0.977. The Morgan fingerprint density at radius 1 is 1.57 bits per heavy atom. The summed E-state index contributed by atoms with van der Waals surface area (Å²) in [6, 6.07) is 6.10. The average molecular weight is 437 g/mol. The number of benzene rings is 1. The van der Waals surface area contributed by atoms with Gasteiger partial charge in [-0.25, -0.2) is 9.38 Å². The van der Waals surface area contributed by atoms with E-state index in [9.17, 15) is 9.50 Å². The molecular weight excluding hydrogens is 412 g/mol. The molecule has 0 aliphatic carbocycles. The van der Waals surface area contributed by atoms with E-state index in [-0.39, 0.29) is 42.0 Å². The van der Waals surface area contributed by atoms with Crippen LogP contribution in [0, 0.1) is 5.82 Å². The number of β-amino-alcohol motifs (C(OH)–C–C–N with tert-alkyl or cyclic N) is 1. The van der Waals surface area contributed by atoms with Gasteiger partial charge in [0.05, 0.1) is 12.6 Å². The zero-order chi connectivity index (χ0) is 15.9. The van der Waals surface area contributed by atoms with Crippen LogP contribution in [0.25, 0.3) is 0 Å². The maximum Gasteiger partial charge on any atom is 0.194 e. The van der Waals surface area contributed by atoms with Crippen LogP contribution in [0.5, 0.6) is 5.75 Å². The highest BCUT2D eigenvalue weighted by Gasteiger charge is 2.22. The average Bonchev–Trinajstić information content (AvgIpc) is 2.90. The van der Waals surface area contributed by atoms with Crippen molar-refractivity contribution in [3.8, 4) is 5.75 Å². The van der Waals surface area contributed by atoms with E-state index < -0.39 is 0 Å². The molecule has 2 rings (SSSR count). The van der Waals surface area contributed by atoms with Crippen molar-refractivity contribution in [2.24, 2.45) is 4.99 Å². The number of guanidine groups is 1. The summed E-state index contributed by atoms with van der Waals surface area (Å²) in [7, 11) is 0. The number of rotatable bonds is 5. The van der Waals surface area contributed by atoms with E-state index in [1.807, 2.05) is 18.7 Å². The summed E-state index contributed by atoms with van der Waals surface area (Å²) >= 11 is 0. The lowest BCUT2D eigenvalue weighted by atomic mass is 10.3. The molecule has 2 atom stereocenters. The molecule has 0 amide bonds. The van der Waals surface area contributed by atoms with Gasteiger partial charge in [0.1, 0.15) is 17.7 Å². The standard InChI is InChI=1S/C16H24FN3O2.HI/c1-3-18-16(20-8-7-14(21)11-20)19-10-12(2)22-15-6-4-5-13(17)9-15;/h4-6,9,12,14,21H,3,7-8,10-11H2,1-2H3,(H,18,19);1H/t12?,14-;/m1./s1. The van der Waals surface area contributed by atoms with Gasteiger partial charge in [0.2, 0.25) is 0 Å². The first kappa shape index (κ1) is 20.0. The van der Waals surface area contributed by atoms with Crippen LogP contribution in [0.4, 0.5) is 4.39 Å². The molecule has 1 heterocycles. The van der Waals surface area contributed by atoms with Crippen LogP contribution < -0.4 is 10.1 Å². The molecule has 1 unspecified atom stereocenters. The molecule has 1 aromatic rings. The van der Waals surface area contributed by atoms with Gasteiger partial charge in [0.15, 0.2) is 5.96 Å². The zero-order valence-corrected chi connectivity index (χ0v) is 15.9. The Morgan fingerprint density at radius 2 is 2.35 bits per heavy atom. The van der Waals surface area contributed by atoms with Crippen molar-refractivity contribution in [3.05, 3.63) is 30.1 Å². The number of hydrogen-bond donors (Lipinski definition) is 2. The molecule has 1 aromatic carbocycles. The van der Waals surface area contributed by atoms with Crippen molar-refractivity contribution >= 4 is 29.9 Å². The van der Waals surface area contributed by atoms with E-state index in [1.165, 1.54) is 12.1 Å². The Labute approximate surface area is 153 Å². The van der Waals surface area contributed by atoms with Crippen LogP contribution in [0.15, 0.2) is 29.3 Å². The first-order chi connectivity index (χ1) is 10.6. The van der Waals surface area contributed by atoms with E-state index in [2.05, 4.69) is 10.3 Å². The van der Waals surface area contributed by atoms with Crippen molar-refractivity contribution in [3.63, 3.8) is 0 Å². The Morgan fingerprint density at radius 3 is 2.96 bits per heavy atom. The van der Waals surface area contributed by atoms with Gasteiger partial charge in [0, 0.05) is 25.7 Å². The first-order valence-electron chi connectivity index (χ1n) is 7.72. The predicted molar refractivity (Wildman–Crippen MR) is 100 cm³/mol. The normalized spacial score (nSPS) is 19.2. The number of hydrogen-bond acceptors (Lipinski definition) is 3. The highest BCUT2D eigenvalue weighted by atomic mass is 127. The number of likely N-dealkylation sites (tertiary alicyclic amines) is 1. The SMILES string of the molecule is CCNC(=NCC(C)Oc1cccc(F)c1)N1CC[C@@H](O)C1.I. The number of halogens is 2. The molecule has 130 valence electrons. The topological polar surface area (TPSA) is 57.1 Å². The number of nitrogens with zero attached hydrogens (tertiary/aromatic N) is 2. The van der Waals surface area contributed by atoms with Crippen LogP contribution in [0.1, 0.15) is 20.3 Å². The molecule has 0 aromatic heterocycles. The smallest absolute Gasteiger partial charge is 0.194 e. The highest BCUT2D eigenvalue weighted by molar-refractivity contribution is 14.0. The van der Waals surface area contributed by atoms with Gasteiger partial charge in [-0.05, 0) is 32.4 Å². The summed E-state index contributed by atoms with van der Waals surface area (Å²) in [5.41, 5.74) is 0. The van der Waals surface area contributed by atoms with Crippen LogP contribution in [0.2, 0.25) is 0 Å². The second kappa shape index (κ2) is 9.92. The molecule has 23 heavy (non-hydrogen) atoms. The molecular formula is C16H25FIN3O2. The Bertz CT molecular complexity index is 516. The maximum atomic E-state index is 13.1. The lowest BCUT2D eigenvalue weighted by Gasteiger charge is -2.22. The molecule has 0 spiro atoms. The number of ether oxygens (including phenoxy) is 1. The lowest BCUT2D eigenvalue weighted by molar-refractivity contribution is 0.187. The van der Waals surface area contributed by atoms with Gasteiger partial charge in [-0.3, -0.25) is 0 Å². The fourth-order valence-corrected chi connectivity index (χ4v) is 2.38. The fourth-order valence-electron chi connectivity index (χ4n) is 2.38. The molecule has 2 N–H and O–H groups in total. The Hall–Kier alpha value is -1.09. The number of aliphatic hydroxyl groups is 1. The van der Waals surface area contributed by atoms with Gasteiger partial charge >= 0.3 is 0 Å². The van der Waals surface area contributed by atoms with Crippen molar-refractivity contribution in [1.29, 1.82) is 0 Å². The largest absolute Gasteiger partial charge is 0.489 e. The molecule has 1 fully saturated rings. The maximum absolute atomic E-state index is 13.1. The van der Waals surface area contributed by atoms with Gasteiger partial charge in [-0.2, -0.15) is 0 Å². The first-order valence-corrected chi connectivity index (χ1v) is 7.72. The zero-order valence-electron chi connectivity index (χ0n) is 13.5. The minimum Gasteiger partial charge on any atom is -0.489 e. The monoisotopic (exact) mass is 437 g/mol. The molecule has 1 aliphatic heterocycles. The minimum atomic E-state index is -0.312. The van der Waals surface area contributed by atoms with Gasteiger partial charge in [-0.15, -0.1) is 24.0 Å². The summed E-state index contributed by atoms with van der Waals surface area (Å²) in [5, 5.41) is 12.9. The Kier molecular flexibility index (Phi) is 8.60. The quantitative estimate of drug-likeness (QED) is 0.422. The Balaban J connectivity index is 0.00000264. The van der Waals surface area contributed by atoms with Gasteiger partial charge in [-0.1, -0.05) is 6.07 Å². The van der Waals surface area contributed by atoms with Gasteiger partial charge in [0.25, 0.3) is 0 Å². The number of nitrogens with one attached hydrogen (secondary N) is 1. The van der Waals surface area contributed by atoms with E-state index in [1.54, 1.807) is 12.1 Å². The third kappa shape index (κ3) is 6.50. The minimum absolute atomic E-state index is 0. The highest BCUT2D eigenvalue weighted by Crippen LogP contribution is 2.14. The second-order valence-corrected chi connectivity index (χ2v) is 5.47. The van der Waals surface area contributed by atoms with Crippen molar-refractivity contribution < 1.29 is 14.2 Å². The summed E-state index contributed by atoms with van der Waals surface area (Å²) < 4.78 is 18.8. The van der Waals surface area contributed by atoms with E-state index in [0.717, 1.165) is 25.5 Å². The summed E-state index contributed by atoms with van der Waals surface area (Å²) in [6.07, 6.45) is 0.313. The van der Waals surface area contributed by atoms with Crippen LogP contribution >= 0.6 is 24.0 Å². The third-order valence-electron chi connectivity index (χ3n) is 3.43. The van der Waals surface area contributed by atoms with Crippen molar-refractivity contribution in [1.82, 2.24) is 10.2 Å². The summed E-state index contributed by atoms with van der Waals surface area (Å²) in [6.45, 7) is 6.54. The van der Waals surface area contributed by atoms with E-state index in [0.29, 0.717) is 18.8 Å².